The largest absolute Gasteiger partial charge is 0.466 e. The maximum Gasteiger partial charge on any atom is 0.332 e. The standard InChI is InChI=1S/C5H8O2.C5H8.C4H8/c1-4(2)5(6)7-3;1-4-5(2)3;1-4(2)3/h1H2,2-3H3;4H,1-2H2,3H3;1H2,2-3H3. The zero-order chi connectivity index (χ0) is 13.7. The summed E-state index contributed by atoms with van der Waals surface area (Å²) in [7, 11) is 1.33. The van der Waals surface area contributed by atoms with E-state index in [0.29, 0.717) is 5.57 Å². The first kappa shape index (κ1) is 19.9. The summed E-state index contributed by atoms with van der Waals surface area (Å²) in [5.41, 5.74) is 2.62. The van der Waals surface area contributed by atoms with Gasteiger partial charge in [-0.25, -0.2) is 4.79 Å². The second kappa shape index (κ2) is 13.4. The molecule has 0 aliphatic rings. The summed E-state index contributed by atoms with van der Waals surface area (Å²) in [6.45, 7) is 21.4. The molecule has 0 rings (SSSR count). The zero-order valence-electron chi connectivity index (χ0n) is 11.2. The van der Waals surface area contributed by atoms with Gasteiger partial charge in [0.1, 0.15) is 0 Å². The van der Waals surface area contributed by atoms with Crippen LogP contribution >= 0.6 is 0 Å². The third-order valence-electron chi connectivity index (χ3n) is 0.882. The number of carbonyl (C=O) groups excluding carboxylic acids is 1. The fourth-order valence-electron chi connectivity index (χ4n) is 0.174. The van der Waals surface area contributed by atoms with E-state index in [9.17, 15) is 4.79 Å². The number of hydrogen-bond acceptors (Lipinski definition) is 2. The molecule has 0 aromatic carbocycles. The Bertz CT molecular complexity index is 256. The fourth-order valence-corrected chi connectivity index (χ4v) is 0.174. The molecular weight excluding hydrogens is 200 g/mol. The Labute approximate surface area is 100 Å². The van der Waals surface area contributed by atoms with E-state index < -0.39 is 0 Å². The van der Waals surface area contributed by atoms with Crippen LogP contribution in [0.2, 0.25) is 0 Å². The quantitative estimate of drug-likeness (QED) is 0.306. The highest BCUT2D eigenvalue weighted by molar-refractivity contribution is 5.86. The molecule has 0 aromatic rings. The van der Waals surface area contributed by atoms with Gasteiger partial charge in [0.2, 0.25) is 0 Å². The first-order chi connectivity index (χ1) is 7.18. The molecule has 16 heavy (non-hydrogen) atoms. The van der Waals surface area contributed by atoms with Crippen LogP contribution in [-0.4, -0.2) is 13.1 Å². The summed E-state index contributed by atoms with van der Waals surface area (Å²) in [6, 6.07) is 0. The highest BCUT2D eigenvalue weighted by Crippen LogP contribution is 1.87. The fraction of sp³-hybridized carbons (Fsp3) is 0.357. The highest BCUT2D eigenvalue weighted by Gasteiger charge is 1.95. The maximum atomic E-state index is 10.2. The topological polar surface area (TPSA) is 26.3 Å². The van der Waals surface area contributed by atoms with Gasteiger partial charge in [-0.3, -0.25) is 0 Å². The van der Waals surface area contributed by atoms with Crippen molar-refractivity contribution in [2.45, 2.75) is 27.7 Å². The molecule has 0 heterocycles. The van der Waals surface area contributed by atoms with E-state index >= 15 is 0 Å². The van der Waals surface area contributed by atoms with Gasteiger partial charge in [0, 0.05) is 5.57 Å². The second-order valence-corrected chi connectivity index (χ2v) is 3.53. The second-order valence-electron chi connectivity index (χ2n) is 3.53. The minimum absolute atomic E-state index is 0.347. The van der Waals surface area contributed by atoms with E-state index in [2.05, 4.69) is 31.1 Å². The SMILES string of the molecule is C=C(C)C.C=C(C)C(=O)OC.C=CC(=C)C. The monoisotopic (exact) mass is 224 g/mol. The molecule has 0 spiro atoms. The first-order valence-corrected chi connectivity index (χ1v) is 4.82. The number of methoxy groups -OCH3 is 1. The van der Waals surface area contributed by atoms with Crippen LogP contribution in [0.4, 0.5) is 0 Å². The molecule has 0 N–H and O–H groups in total. The summed E-state index contributed by atoms with van der Waals surface area (Å²) in [6.07, 6.45) is 1.72. The van der Waals surface area contributed by atoms with E-state index in [0.717, 1.165) is 5.57 Å². The van der Waals surface area contributed by atoms with Crippen LogP contribution in [0.15, 0.2) is 49.1 Å². The smallest absolute Gasteiger partial charge is 0.332 e. The lowest BCUT2D eigenvalue weighted by atomic mass is 10.4. The third-order valence-corrected chi connectivity index (χ3v) is 0.882. The van der Waals surface area contributed by atoms with E-state index in [4.69, 9.17) is 0 Å². The summed E-state index contributed by atoms with van der Waals surface area (Å²) in [5, 5.41) is 0. The summed E-state index contributed by atoms with van der Waals surface area (Å²) >= 11 is 0. The Morgan fingerprint density at radius 3 is 1.31 bits per heavy atom. The molecule has 0 aliphatic carbocycles. The number of esters is 1. The van der Waals surface area contributed by atoms with Gasteiger partial charge >= 0.3 is 5.97 Å². The van der Waals surface area contributed by atoms with Crippen molar-refractivity contribution in [3.8, 4) is 0 Å². The summed E-state index contributed by atoms with van der Waals surface area (Å²) in [4.78, 5) is 10.2. The highest BCUT2D eigenvalue weighted by atomic mass is 16.5. The van der Waals surface area contributed by atoms with Crippen LogP contribution in [-0.2, 0) is 9.53 Å². The minimum Gasteiger partial charge on any atom is -0.466 e. The predicted octanol–water partition coefficient (Wildman–Crippen LogP) is 4.07. The van der Waals surface area contributed by atoms with Crippen LogP contribution in [0.25, 0.3) is 0 Å². The summed E-state index contributed by atoms with van der Waals surface area (Å²) < 4.78 is 4.27. The Morgan fingerprint density at radius 2 is 1.31 bits per heavy atom. The Hall–Kier alpha value is -1.57. The molecule has 0 aromatic heterocycles. The van der Waals surface area contributed by atoms with Crippen molar-refractivity contribution in [2.75, 3.05) is 7.11 Å². The van der Waals surface area contributed by atoms with Gasteiger partial charge in [-0.2, -0.15) is 0 Å². The number of carbonyl (C=O) groups is 1. The van der Waals surface area contributed by atoms with Gasteiger partial charge in [-0.05, 0) is 27.7 Å². The lowest BCUT2D eigenvalue weighted by molar-refractivity contribution is -0.136. The molecule has 0 saturated heterocycles. The molecule has 0 bridgehead atoms. The van der Waals surface area contributed by atoms with Gasteiger partial charge in [0.25, 0.3) is 0 Å². The van der Waals surface area contributed by atoms with Crippen molar-refractivity contribution in [3.63, 3.8) is 0 Å². The number of hydrogen-bond donors (Lipinski definition) is 0. The molecule has 0 saturated carbocycles. The van der Waals surface area contributed by atoms with Crippen molar-refractivity contribution in [3.05, 3.63) is 49.1 Å². The normalized spacial score (nSPS) is 7.06. The van der Waals surface area contributed by atoms with Gasteiger partial charge in [-0.1, -0.05) is 37.0 Å². The molecule has 0 amide bonds. The number of rotatable bonds is 2. The van der Waals surface area contributed by atoms with Gasteiger partial charge < -0.3 is 4.74 Å². The first-order valence-electron chi connectivity index (χ1n) is 4.82. The summed E-state index contributed by atoms with van der Waals surface area (Å²) in [5.74, 6) is -0.347. The molecule has 0 fully saturated rings. The Kier molecular flexibility index (Phi) is 16.7. The van der Waals surface area contributed by atoms with E-state index in [1.54, 1.807) is 13.0 Å². The van der Waals surface area contributed by atoms with Crippen molar-refractivity contribution >= 4 is 5.97 Å². The molecule has 0 unspecified atom stereocenters. The predicted molar refractivity (Wildman–Crippen MR) is 72.3 cm³/mol. The Balaban J connectivity index is -0.000000166. The van der Waals surface area contributed by atoms with Crippen molar-refractivity contribution in [1.82, 2.24) is 0 Å². The van der Waals surface area contributed by atoms with Crippen molar-refractivity contribution in [1.29, 1.82) is 0 Å². The van der Waals surface area contributed by atoms with Crippen molar-refractivity contribution in [2.24, 2.45) is 0 Å². The average molecular weight is 224 g/mol. The van der Waals surface area contributed by atoms with Gasteiger partial charge in [0.15, 0.2) is 0 Å². The molecule has 0 atom stereocenters. The molecule has 92 valence electrons. The maximum absolute atomic E-state index is 10.2. The number of ether oxygens (including phenoxy) is 1. The van der Waals surface area contributed by atoms with Gasteiger partial charge in [-0.15, -0.1) is 6.58 Å². The molecule has 2 heteroatoms. The molecule has 2 nitrogen and oxygen atoms in total. The van der Waals surface area contributed by atoms with Crippen LogP contribution in [0, 0.1) is 0 Å². The van der Waals surface area contributed by atoms with Crippen LogP contribution in [0.3, 0.4) is 0 Å². The van der Waals surface area contributed by atoms with Crippen molar-refractivity contribution < 1.29 is 9.53 Å². The van der Waals surface area contributed by atoms with E-state index in [1.165, 1.54) is 12.7 Å². The van der Waals surface area contributed by atoms with Crippen LogP contribution in [0.1, 0.15) is 27.7 Å². The molecular formula is C14H24O2. The lowest BCUT2D eigenvalue weighted by Gasteiger charge is -1.91. The zero-order valence-corrected chi connectivity index (χ0v) is 11.2. The van der Waals surface area contributed by atoms with Gasteiger partial charge in [0.05, 0.1) is 7.11 Å². The van der Waals surface area contributed by atoms with E-state index in [1.807, 2.05) is 20.8 Å². The minimum atomic E-state index is -0.347. The molecule has 0 aliphatic heterocycles. The van der Waals surface area contributed by atoms with Crippen LogP contribution in [0.5, 0.6) is 0 Å². The van der Waals surface area contributed by atoms with E-state index in [-0.39, 0.29) is 5.97 Å². The average Bonchev–Trinajstić information content (AvgIpc) is 2.16. The number of allylic oxidation sites excluding steroid dienone is 3. The Morgan fingerprint density at radius 1 is 1.06 bits per heavy atom. The van der Waals surface area contributed by atoms with Crippen LogP contribution < -0.4 is 0 Å². The lowest BCUT2D eigenvalue weighted by Crippen LogP contribution is -1.98. The third kappa shape index (κ3) is 39.3. The molecule has 0 radical (unpaired) electrons.